The summed E-state index contributed by atoms with van der Waals surface area (Å²) < 4.78 is 0. The second-order valence-electron chi connectivity index (χ2n) is 4.96. The molecule has 2 aromatic heterocycles. The van der Waals surface area contributed by atoms with Gasteiger partial charge in [-0.05, 0) is 11.4 Å². The molecule has 0 radical (unpaired) electrons. The van der Waals surface area contributed by atoms with Crippen molar-refractivity contribution in [3.63, 3.8) is 0 Å². The van der Waals surface area contributed by atoms with Gasteiger partial charge in [0.05, 0.1) is 5.69 Å². The number of carbonyl (C=O) groups is 1. The molecule has 1 aliphatic heterocycles. The summed E-state index contributed by atoms with van der Waals surface area (Å²) in [7, 11) is 1.69. The molecule has 2 N–H and O–H groups in total. The highest BCUT2D eigenvalue weighted by atomic mass is 32.1. The third-order valence-electron chi connectivity index (χ3n) is 3.59. The number of rotatable bonds is 4. The maximum absolute atomic E-state index is 12.0. The molecule has 1 atom stereocenters. The molecule has 2 aromatic rings. The van der Waals surface area contributed by atoms with Gasteiger partial charge < -0.3 is 10.6 Å². The average Bonchev–Trinajstić information content (AvgIpc) is 3.18. The van der Waals surface area contributed by atoms with E-state index < -0.39 is 0 Å². The van der Waals surface area contributed by atoms with Crippen molar-refractivity contribution in [1.82, 2.24) is 20.5 Å². The van der Waals surface area contributed by atoms with Crippen LogP contribution >= 0.6 is 22.7 Å². The summed E-state index contributed by atoms with van der Waals surface area (Å²) in [5.74, 6) is 0.0653. The van der Waals surface area contributed by atoms with E-state index in [2.05, 4.69) is 37.7 Å². The molecule has 0 aliphatic carbocycles. The Labute approximate surface area is 132 Å². The van der Waals surface area contributed by atoms with E-state index in [1.54, 1.807) is 29.7 Å². The Balaban J connectivity index is 1.71. The van der Waals surface area contributed by atoms with Gasteiger partial charge in [-0.15, -0.1) is 11.3 Å². The third kappa shape index (κ3) is 3.32. The van der Waals surface area contributed by atoms with E-state index in [0.29, 0.717) is 6.54 Å². The van der Waals surface area contributed by atoms with E-state index in [1.807, 2.05) is 0 Å². The number of thiophene rings is 1. The Morgan fingerprint density at radius 2 is 2.48 bits per heavy atom. The van der Waals surface area contributed by atoms with E-state index in [9.17, 15) is 4.79 Å². The summed E-state index contributed by atoms with van der Waals surface area (Å²) in [6.07, 6.45) is 0. The zero-order valence-corrected chi connectivity index (χ0v) is 13.5. The summed E-state index contributed by atoms with van der Waals surface area (Å²) in [6, 6.07) is 1.97. The standard InChI is InChI=1S/C14H18N4OS2/c1-15-13(19)12-6-16-3-4-18(12)7-11-9-21-14(17-11)10-2-5-20-8-10/h2,5,8-9,12,16H,3-4,6-7H2,1H3,(H,15,19). The number of aromatic nitrogens is 1. The van der Waals surface area contributed by atoms with Crippen LogP contribution in [0.1, 0.15) is 5.69 Å². The lowest BCUT2D eigenvalue weighted by atomic mass is 10.1. The number of nitrogens with one attached hydrogen (secondary N) is 2. The second kappa shape index (κ2) is 6.65. The molecule has 1 unspecified atom stereocenters. The number of hydrogen-bond acceptors (Lipinski definition) is 6. The first-order valence-electron chi connectivity index (χ1n) is 6.91. The van der Waals surface area contributed by atoms with Crippen molar-refractivity contribution in [1.29, 1.82) is 0 Å². The molecule has 0 bridgehead atoms. The van der Waals surface area contributed by atoms with Crippen LogP contribution in [0.15, 0.2) is 22.2 Å². The molecule has 7 heteroatoms. The van der Waals surface area contributed by atoms with Gasteiger partial charge in [0.2, 0.25) is 5.91 Å². The van der Waals surface area contributed by atoms with Gasteiger partial charge in [0.25, 0.3) is 0 Å². The molecular formula is C14H18N4OS2. The van der Waals surface area contributed by atoms with Crippen molar-refractivity contribution in [3.8, 4) is 10.6 Å². The molecule has 21 heavy (non-hydrogen) atoms. The maximum atomic E-state index is 12.0. The Kier molecular flexibility index (Phi) is 4.64. The minimum atomic E-state index is -0.116. The van der Waals surface area contributed by atoms with E-state index in [0.717, 1.165) is 30.3 Å². The van der Waals surface area contributed by atoms with E-state index in [4.69, 9.17) is 4.98 Å². The molecule has 112 valence electrons. The first-order valence-corrected chi connectivity index (χ1v) is 8.73. The first-order chi connectivity index (χ1) is 10.3. The molecule has 5 nitrogen and oxygen atoms in total. The normalized spacial score (nSPS) is 19.6. The van der Waals surface area contributed by atoms with Crippen LogP contribution in [0.4, 0.5) is 0 Å². The number of nitrogens with zero attached hydrogens (tertiary/aromatic N) is 2. The van der Waals surface area contributed by atoms with Crippen LogP contribution in [0.2, 0.25) is 0 Å². The number of amides is 1. The van der Waals surface area contributed by atoms with Crippen LogP contribution in [0.25, 0.3) is 10.6 Å². The van der Waals surface area contributed by atoms with Gasteiger partial charge in [0.15, 0.2) is 0 Å². The van der Waals surface area contributed by atoms with Crippen molar-refractivity contribution in [2.75, 3.05) is 26.7 Å². The minimum absolute atomic E-state index is 0.0653. The number of piperazine rings is 1. The topological polar surface area (TPSA) is 57.3 Å². The predicted octanol–water partition coefficient (Wildman–Crippen LogP) is 1.39. The van der Waals surface area contributed by atoms with Gasteiger partial charge >= 0.3 is 0 Å². The molecule has 0 aromatic carbocycles. The highest BCUT2D eigenvalue weighted by Crippen LogP contribution is 2.26. The molecule has 1 aliphatic rings. The molecule has 1 amide bonds. The van der Waals surface area contributed by atoms with Crippen LogP contribution in [-0.4, -0.2) is 48.5 Å². The van der Waals surface area contributed by atoms with E-state index >= 15 is 0 Å². The van der Waals surface area contributed by atoms with Crippen LogP contribution in [0.3, 0.4) is 0 Å². The zero-order chi connectivity index (χ0) is 14.7. The highest BCUT2D eigenvalue weighted by Gasteiger charge is 2.28. The Morgan fingerprint density at radius 1 is 1.57 bits per heavy atom. The Morgan fingerprint density at radius 3 is 3.24 bits per heavy atom. The lowest BCUT2D eigenvalue weighted by Crippen LogP contribution is -2.56. The van der Waals surface area contributed by atoms with Crippen LogP contribution < -0.4 is 10.6 Å². The third-order valence-corrected chi connectivity index (χ3v) is 5.21. The minimum Gasteiger partial charge on any atom is -0.358 e. The van der Waals surface area contributed by atoms with Crippen LogP contribution in [0, 0.1) is 0 Å². The molecule has 0 spiro atoms. The van der Waals surface area contributed by atoms with E-state index in [1.165, 1.54) is 5.56 Å². The largest absolute Gasteiger partial charge is 0.358 e. The van der Waals surface area contributed by atoms with Gasteiger partial charge in [-0.1, -0.05) is 0 Å². The first kappa shape index (κ1) is 14.6. The molecule has 1 fully saturated rings. The van der Waals surface area contributed by atoms with Gasteiger partial charge in [-0.25, -0.2) is 4.98 Å². The number of hydrogen-bond donors (Lipinski definition) is 2. The number of thiazole rings is 1. The fourth-order valence-corrected chi connectivity index (χ4v) is 3.99. The Hall–Kier alpha value is -1.28. The van der Waals surface area contributed by atoms with Crippen molar-refractivity contribution in [2.24, 2.45) is 0 Å². The van der Waals surface area contributed by atoms with Crippen LogP contribution in [-0.2, 0) is 11.3 Å². The van der Waals surface area contributed by atoms with Crippen molar-refractivity contribution < 1.29 is 4.79 Å². The lowest BCUT2D eigenvalue weighted by Gasteiger charge is -2.34. The zero-order valence-electron chi connectivity index (χ0n) is 11.8. The summed E-state index contributed by atoms with van der Waals surface area (Å²) >= 11 is 3.35. The summed E-state index contributed by atoms with van der Waals surface area (Å²) in [5.41, 5.74) is 2.22. The SMILES string of the molecule is CNC(=O)C1CNCCN1Cc1csc(-c2ccsc2)n1. The van der Waals surface area contributed by atoms with Gasteiger partial charge in [-0.2, -0.15) is 11.3 Å². The molecule has 3 rings (SSSR count). The summed E-state index contributed by atoms with van der Waals surface area (Å²) in [4.78, 5) is 18.8. The maximum Gasteiger partial charge on any atom is 0.238 e. The Bertz CT molecular complexity index is 596. The van der Waals surface area contributed by atoms with Crippen molar-refractivity contribution in [2.45, 2.75) is 12.6 Å². The van der Waals surface area contributed by atoms with Gasteiger partial charge in [0, 0.05) is 49.6 Å². The summed E-state index contributed by atoms with van der Waals surface area (Å²) in [6.45, 7) is 3.19. The highest BCUT2D eigenvalue weighted by molar-refractivity contribution is 7.14. The number of likely N-dealkylation sites (N-methyl/N-ethyl adjacent to an activating group) is 1. The van der Waals surface area contributed by atoms with Gasteiger partial charge in [-0.3, -0.25) is 9.69 Å². The molecular weight excluding hydrogens is 304 g/mol. The van der Waals surface area contributed by atoms with E-state index in [-0.39, 0.29) is 11.9 Å². The lowest BCUT2D eigenvalue weighted by molar-refractivity contribution is -0.126. The number of carbonyl (C=O) groups excluding carboxylic acids is 1. The van der Waals surface area contributed by atoms with Crippen molar-refractivity contribution >= 4 is 28.6 Å². The molecule has 0 saturated carbocycles. The summed E-state index contributed by atoms with van der Waals surface area (Å²) in [5, 5.41) is 13.3. The quantitative estimate of drug-likeness (QED) is 0.893. The molecule has 1 saturated heterocycles. The van der Waals surface area contributed by atoms with Crippen LogP contribution in [0.5, 0.6) is 0 Å². The average molecular weight is 322 g/mol. The fourth-order valence-electron chi connectivity index (χ4n) is 2.47. The fraction of sp³-hybridized carbons (Fsp3) is 0.429. The van der Waals surface area contributed by atoms with Gasteiger partial charge in [0.1, 0.15) is 11.0 Å². The second-order valence-corrected chi connectivity index (χ2v) is 6.60. The smallest absolute Gasteiger partial charge is 0.238 e. The monoisotopic (exact) mass is 322 g/mol. The predicted molar refractivity (Wildman–Crippen MR) is 86.6 cm³/mol. The molecule has 3 heterocycles. The van der Waals surface area contributed by atoms with Crippen molar-refractivity contribution in [3.05, 3.63) is 27.9 Å².